The molecule has 15 N–H and O–H groups in total. The predicted molar refractivity (Wildman–Crippen MR) is 465 cm³/mol. The molecule has 0 bridgehead atoms. The normalized spacial score (nSPS) is 20.2. The summed E-state index contributed by atoms with van der Waals surface area (Å²) in [4.78, 5) is 144. The van der Waals surface area contributed by atoms with Crippen molar-refractivity contribution in [2.24, 2.45) is 57.3 Å². The smallest absolute Gasteiger partial charge is 0.408 e. The minimum atomic E-state index is -3.98. The van der Waals surface area contributed by atoms with Gasteiger partial charge in [0, 0.05) is 18.6 Å². The molecule has 6 heterocycles. The Hall–Kier alpha value is -11.4. The van der Waals surface area contributed by atoms with Crippen LogP contribution in [0.5, 0.6) is 11.5 Å². The number of hydrogen-bond acceptors (Lipinski definition) is 33. The Morgan fingerprint density at radius 3 is 1.18 bits per heavy atom. The predicted octanol–water partition coefficient (Wildman–Crippen LogP) is 9.25. The first-order valence-corrected chi connectivity index (χ1v) is 44.6. The number of nitrogens with zero attached hydrogens (tertiary/aromatic N) is 9. The number of fused-ring (bicyclic) bond motifs is 3. The van der Waals surface area contributed by atoms with Crippen molar-refractivity contribution in [1.82, 2.24) is 63.9 Å². The van der Waals surface area contributed by atoms with E-state index in [9.17, 15) is 57.4 Å². The van der Waals surface area contributed by atoms with Crippen LogP contribution in [0, 0.1) is 45.8 Å². The summed E-state index contributed by atoms with van der Waals surface area (Å²) in [5.74, 6) is -4.52. The van der Waals surface area contributed by atoms with Crippen LogP contribution in [0.15, 0.2) is 111 Å². The summed E-state index contributed by atoms with van der Waals surface area (Å²) in [5.41, 5.74) is 27.8. The van der Waals surface area contributed by atoms with Crippen LogP contribution in [0.2, 0.25) is 0 Å². The average Bonchev–Trinajstić information content (AvgIpc) is 1.60. The molecule has 0 radical (unpaired) electrons. The Balaban J connectivity index is 0.000000216. The van der Waals surface area contributed by atoms with E-state index in [1.165, 1.54) is 32.7 Å². The molecule has 3 aliphatic carbocycles. The molecule has 3 saturated carbocycles. The number of esters is 5. The highest BCUT2D eigenvalue weighted by molar-refractivity contribution is 7.54. The lowest BCUT2D eigenvalue weighted by Crippen LogP contribution is -2.47. The molecule has 680 valence electrons. The fraction of sp³-hybridized carbons (Fsp3) is 0.530. The minimum Gasteiger partial charge on any atom is -0.463 e. The molecule has 42 heteroatoms. The van der Waals surface area contributed by atoms with Crippen LogP contribution in [0.4, 0.5) is 22.6 Å². The molecule has 6 aromatic heterocycles. The first-order valence-electron chi connectivity index (χ1n) is 41.2. The molecule has 125 heavy (non-hydrogen) atoms. The number of para-hydroxylation sites is 2. The largest absolute Gasteiger partial charge is 0.463 e. The summed E-state index contributed by atoms with van der Waals surface area (Å²) in [7, 11) is -7.97. The van der Waals surface area contributed by atoms with Gasteiger partial charge >= 0.3 is 51.1 Å². The fourth-order valence-corrected chi connectivity index (χ4v) is 16.7. The number of alkyl carbamates (subject to hydrolysis) is 1. The Bertz CT molecular complexity index is 5300. The van der Waals surface area contributed by atoms with E-state index in [0.717, 1.165) is 29.6 Å². The van der Waals surface area contributed by atoms with Gasteiger partial charge in [0.05, 0.1) is 72.4 Å². The van der Waals surface area contributed by atoms with Gasteiger partial charge < -0.3 is 76.6 Å². The van der Waals surface area contributed by atoms with Crippen molar-refractivity contribution in [2.45, 2.75) is 185 Å². The number of anilines is 3. The van der Waals surface area contributed by atoms with Crippen LogP contribution in [0.25, 0.3) is 52.1 Å². The standard InChI is InChI=1S/2C31H43N6O8P.C21H30N6O6/c2*1-6-10-21(5)44-28(39)20(4)15-46(41,45-23-11-8-7-9-12-23)43-17-31(16-42-29(40)24(32)19(2)3)13-22(31)14-37-18-34-25-26(37)35-30(33)36-27(25)38;1-11(2)13(24-19(31)33-20(3,4)5)17(30)32-9-21(8-28)6-12(21)7-27-10-23-14-15(27)25-18(22)26-16(14)29/h2*7-9,11-12,14,18-21,24H,6,10,13,15-17,32H2,1-5H3,(H3,33,35,36,38);7,10-11,13,28H,6,8-9H2,1-5H3,(H,24,31)(H3,22,25,26,29)/b2*22-14-;12-7-/t20-,21+,24+,31+,46+;20-,21+,24-,31+,46+;13-,21+/m110/s1. The maximum absolute atomic E-state index is 14.3. The third kappa shape index (κ3) is 26.4. The van der Waals surface area contributed by atoms with E-state index in [4.69, 9.17) is 75.2 Å². The SMILES string of the molecule is CC(C)[C@H](NC(=O)OC(C)(C)C)C(=O)OC[C@]1(CO)C/C1=C/n1cnc2c(=O)[nH]c(N)nc21.CCC[C@H](C)OC(=O)[C@H](C)C[P@](=O)(OC[C@@]1(COC(=O)[C@@H](N)C(C)C)C/C1=C/n1cnc2c(=O)[nH]c(N)nc21)Oc1ccccc1.CCC[C@H](C)OC(=O)[C@H](C)C[P@](=O)(OC[C@@]1(COC(=O)[C@H](N)C(C)C)C/C1=C/n1cnc2c(=O)[nH]c(N)nc21)Oc1ccccc1. The van der Waals surface area contributed by atoms with Gasteiger partial charge in [0.15, 0.2) is 33.5 Å². The highest BCUT2D eigenvalue weighted by Gasteiger charge is 2.55. The third-order valence-corrected chi connectivity index (χ3v) is 24.7. The molecule has 3 aliphatic rings. The van der Waals surface area contributed by atoms with Gasteiger partial charge in [-0.1, -0.05) is 118 Å². The molecule has 40 nitrogen and oxygen atoms in total. The quantitative estimate of drug-likeness (QED) is 0.00974. The monoisotopic (exact) mass is 1780 g/mol. The number of aliphatic hydroxyl groups excluding tert-OH is 1. The number of nitrogens with two attached hydrogens (primary N) is 5. The molecular formula is C83H116N18O22P2. The first kappa shape index (κ1) is 97.4. The van der Waals surface area contributed by atoms with Crippen LogP contribution >= 0.6 is 15.2 Å². The van der Waals surface area contributed by atoms with Crippen LogP contribution in [-0.4, -0.2) is 188 Å². The zero-order valence-corrected chi connectivity index (χ0v) is 74.7. The fourth-order valence-electron chi connectivity index (χ4n) is 12.9. The number of carbonyl (C=O) groups is 6. The van der Waals surface area contributed by atoms with Crippen molar-refractivity contribution in [3.8, 4) is 11.5 Å². The highest BCUT2D eigenvalue weighted by atomic mass is 31.2. The van der Waals surface area contributed by atoms with Crippen molar-refractivity contribution < 1.29 is 89.5 Å². The maximum Gasteiger partial charge on any atom is 0.408 e. The molecule has 12 atom stereocenters. The molecule has 8 aromatic rings. The van der Waals surface area contributed by atoms with Crippen molar-refractivity contribution in [3.05, 3.63) is 127 Å². The number of carbonyl (C=O) groups excluding carboxylic acids is 6. The van der Waals surface area contributed by atoms with Gasteiger partial charge in [-0.15, -0.1) is 0 Å². The summed E-state index contributed by atoms with van der Waals surface area (Å²) >= 11 is 0. The molecule has 2 aromatic carbocycles. The number of nitrogens with one attached hydrogen (secondary N) is 4. The summed E-state index contributed by atoms with van der Waals surface area (Å²) < 4.78 is 90.3. The zero-order valence-electron chi connectivity index (χ0n) is 72.9. The summed E-state index contributed by atoms with van der Waals surface area (Å²) in [6.45, 7) is 25.9. The number of benzene rings is 2. The average molecular weight is 1780 g/mol. The number of amides is 1. The molecule has 0 saturated heterocycles. The highest BCUT2D eigenvalue weighted by Crippen LogP contribution is 2.60. The van der Waals surface area contributed by atoms with Crippen molar-refractivity contribution in [2.75, 3.05) is 69.2 Å². The molecular weight excluding hydrogens is 1660 g/mol. The summed E-state index contributed by atoms with van der Waals surface area (Å²) in [5, 5.41) is 12.5. The van der Waals surface area contributed by atoms with Gasteiger partial charge in [-0.05, 0) is 125 Å². The minimum absolute atomic E-state index is 0.0389. The summed E-state index contributed by atoms with van der Waals surface area (Å²) in [6, 6.07) is 14.5. The number of H-pyrrole nitrogens is 3. The Labute approximate surface area is 721 Å². The van der Waals surface area contributed by atoms with E-state index in [2.05, 4.69) is 50.2 Å². The van der Waals surface area contributed by atoms with E-state index in [1.54, 1.807) is 128 Å². The van der Waals surface area contributed by atoms with E-state index < -0.39 is 120 Å². The molecule has 1 amide bonds. The Kier molecular flexibility index (Phi) is 32.4. The van der Waals surface area contributed by atoms with Crippen LogP contribution in [-0.2, 0) is 70.6 Å². The van der Waals surface area contributed by atoms with Crippen LogP contribution < -0.4 is 59.7 Å². The lowest BCUT2D eigenvalue weighted by Gasteiger charge is -2.25. The van der Waals surface area contributed by atoms with Crippen molar-refractivity contribution in [3.63, 3.8) is 0 Å². The topological polar surface area (TPSA) is 582 Å². The second kappa shape index (κ2) is 41.6. The van der Waals surface area contributed by atoms with Gasteiger partial charge in [0.2, 0.25) is 17.8 Å². The molecule has 11 rings (SSSR count). The van der Waals surface area contributed by atoms with Crippen LogP contribution in [0.1, 0.15) is 149 Å². The third-order valence-electron chi connectivity index (χ3n) is 20.7. The Morgan fingerprint density at radius 2 is 0.848 bits per heavy atom. The van der Waals surface area contributed by atoms with Gasteiger partial charge in [-0.2, -0.15) is 15.0 Å². The van der Waals surface area contributed by atoms with E-state index in [-0.39, 0.29) is 133 Å². The Morgan fingerprint density at radius 1 is 0.512 bits per heavy atom. The number of imidazole rings is 3. The van der Waals surface area contributed by atoms with E-state index >= 15 is 0 Å². The lowest BCUT2D eigenvalue weighted by molar-refractivity contribution is -0.153. The molecule has 0 unspecified atom stereocenters. The number of aromatic amines is 3. The second-order valence-electron chi connectivity index (χ2n) is 33.9. The van der Waals surface area contributed by atoms with Gasteiger partial charge in [-0.3, -0.25) is 71.3 Å². The number of aromatic nitrogens is 12. The van der Waals surface area contributed by atoms with Crippen LogP contribution in [0.3, 0.4) is 0 Å². The number of hydrogen-bond donors (Lipinski definition) is 10. The number of nitrogen functional groups attached to an aromatic ring is 3. The van der Waals surface area contributed by atoms with Crippen molar-refractivity contribution >= 4 is 121 Å². The van der Waals surface area contributed by atoms with Gasteiger partial charge in [-0.25, -0.2) is 33.7 Å². The molecule has 3 fully saturated rings. The number of aliphatic hydroxyl groups is 1. The second-order valence-corrected chi connectivity index (χ2v) is 37.9. The number of rotatable bonds is 39. The van der Waals surface area contributed by atoms with Crippen molar-refractivity contribution in [1.29, 1.82) is 0 Å². The molecule has 0 spiro atoms. The zero-order chi connectivity index (χ0) is 91.8. The first-order chi connectivity index (χ1) is 58.9. The van der Waals surface area contributed by atoms with Gasteiger partial charge in [0.25, 0.3) is 16.7 Å². The van der Waals surface area contributed by atoms with Gasteiger partial charge in [0.1, 0.15) is 74.0 Å². The van der Waals surface area contributed by atoms with E-state index in [1.807, 2.05) is 55.4 Å². The maximum atomic E-state index is 14.3. The number of ether oxygens (including phenoxy) is 6. The molecule has 0 aliphatic heterocycles. The lowest BCUT2D eigenvalue weighted by atomic mass is 10.0. The summed E-state index contributed by atoms with van der Waals surface area (Å²) in [6.07, 6.45) is 11.9. The van der Waals surface area contributed by atoms with E-state index in [0.29, 0.717) is 43.6 Å².